The molecule has 5 nitrogen and oxygen atoms in total. The number of ketones is 1. The van der Waals surface area contributed by atoms with Crippen LogP contribution in [0.5, 0.6) is 0 Å². The van der Waals surface area contributed by atoms with E-state index in [2.05, 4.69) is 0 Å². The fourth-order valence-electron chi connectivity index (χ4n) is 1.80. The second-order valence-electron chi connectivity index (χ2n) is 4.56. The second-order valence-corrected chi connectivity index (χ2v) is 4.56. The number of ether oxygens (including phenoxy) is 2. The van der Waals surface area contributed by atoms with Gasteiger partial charge in [0.25, 0.3) is 0 Å². The Hall–Kier alpha value is -2.24. The topological polar surface area (TPSA) is 69.7 Å². The molecule has 1 rings (SSSR count). The maximum Gasteiger partial charge on any atom is 0.320 e. The lowest BCUT2D eigenvalue weighted by molar-refractivity contribution is -0.161. The van der Waals surface area contributed by atoms with Crippen LogP contribution in [0.3, 0.4) is 0 Å². The molecule has 0 bridgehead atoms. The summed E-state index contributed by atoms with van der Waals surface area (Å²) in [6, 6.07) is 5.11. The van der Waals surface area contributed by atoms with E-state index in [1.165, 1.54) is 24.3 Å². The highest BCUT2D eigenvalue weighted by molar-refractivity contribution is 5.97. The van der Waals surface area contributed by atoms with Crippen molar-refractivity contribution in [3.8, 4) is 0 Å². The Morgan fingerprint density at radius 3 is 2.18 bits per heavy atom. The van der Waals surface area contributed by atoms with Crippen LogP contribution in [-0.2, 0) is 19.1 Å². The van der Waals surface area contributed by atoms with E-state index in [9.17, 15) is 18.8 Å². The summed E-state index contributed by atoms with van der Waals surface area (Å²) in [5.41, 5.74) is 0.342. The van der Waals surface area contributed by atoms with Crippen LogP contribution in [0.2, 0.25) is 0 Å². The Kier molecular flexibility index (Phi) is 7.22. The van der Waals surface area contributed by atoms with Crippen LogP contribution in [0, 0.1) is 11.7 Å². The molecule has 6 heteroatoms. The molecule has 1 atom stereocenters. The minimum atomic E-state index is -0.971. The van der Waals surface area contributed by atoms with E-state index >= 15 is 0 Å². The Labute approximate surface area is 128 Å². The van der Waals surface area contributed by atoms with Crippen LogP contribution in [0.25, 0.3) is 0 Å². The van der Waals surface area contributed by atoms with Crippen molar-refractivity contribution in [2.75, 3.05) is 13.2 Å². The van der Waals surface area contributed by atoms with Crippen molar-refractivity contribution in [1.82, 2.24) is 0 Å². The van der Waals surface area contributed by atoms with Gasteiger partial charge in [-0.05, 0) is 37.6 Å². The molecule has 0 saturated heterocycles. The molecule has 0 amide bonds. The van der Waals surface area contributed by atoms with Crippen LogP contribution in [0.1, 0.15) is 37.0 Å². The number of hydrogen-bond acceptors (Lipinski definition) is 5. The third-order valence-corrected chi connectivity index (χ3v) is 3.00. The molecule has 1 aromatic carbocycles. The fraction of sp³-hybridized carbons (Fsp3) is 0.438. The van der Waals surface area contributed by atoms with E-state index in [1.54, 1.807) is 13.8 Å². The lowest BCUT2D eigenvalue weighted by Crippen LogP contribution is -2.28. The molecule has 0 aliphatic rings. The molecule has 0 N–H and O–H groups in total. The molecular weight excluding hydrogens is 291 g/mol. The number of rotatable bonds is 8. The first-order chi connectivity index (χ1) is 10.5. The van der Waals surface area contributed by atoms with Gasteiger partial charge in [-0.3, -0.25) is 14.4 Å². The molecule has 22 heavy (non-hydrogen) atoms. The number of hydrogen-bond donors (Lipinski definition) is 0. The van der Waals surface area contributed by atoms with Crippen molar-refractivity contribution in [3.63, 3.8) is 0 Å². The van der Waals surface area contributed by atoms with Crippen LogP contribution < -0.4 is 0 Å². The highest BCUT2D eigenvalue weighted by atomic mass is 19.1. The van der Waals surface area contributed by atoms with Crippen molar-refractivity contribution < 1.29 is 28.2 Å². The van der Waals surface area contributed by atoms with Crippen molar-refractivity contribution in [2.24, 2.45) is 5.92 Å². The number of Topliss-reactive ketones (excluding diaryl/α,β-unsaturated/α-hetero) is 1. The molecule has 0 saturated carbocycles. The first kappa shape index (κ1) is 17.8. The third kappa shape index (κ3) is 5.27. The summed E-state index contributed by atoms with van der Waals surface area (Å²) >= 11 is 0. The van der Waals surface area contributed by atoms with E-state index in [0.717, 1.165) is 0 Å². The molecule has 0 aromatic heterocycles. The van der Waals surface area contributed by atoms with Gasteiger partial charge in [-0.25, -0.2) is 4.39 Å². The summed E-state index contributed by atoms with van der Waals surface area (Å²) in [6.45, 7) is 3.38. The molecule has 0 heterocycles. The van der Waals surface area contributed by atoms with Crippen molar-refractivity contribution in [2.45, 2.75) is 26.7 Å². The molecule has 0 radical (unpaired) electrons. The van der Waals surface area contributed by atoms with E-state index in [4.69, 9.17) is 9.47 Å². The van der Waals surface area contributed by atoms with Crippen LogP contribution in [-0.4, -0.2) is 30.9 Å². The summed E-state index contributed by atoms with van der Waals surface area (Å²) in [5, 5.41) is 0. The van der Waals surface area contributed by atoms with Gasteiger partial charge in [0, 0.05) is 12.0 Å². The Balaban J connectivity index is 2.45. The molecule has 0 aliphatic carbocycles. The molecular formula is C16H19FO5. The molecule has 0 spiro atoms. The van der Waals surface area contributed by atoms with Gasteiger partial charge in [-0.15, -0.1) is 0 Å². The summed E-state index contributed by atoms with van der Waals surface area (Å²) < 4.78 is 22.5. The number of carbonyl (C=O) groups is 3. The third-order valence-electron chi connectivity index (χ3n) is 3.00. The average Bonchev–Trinajstić information content (AvgIpc) is 2.48. The zero-order chi connectivity index (χ0) is 16.5. The lowest BCUT2D eigenvalue weighted by Gasteiger charge is -2.12. The maximum absolute atomic E-state index is 12.7. The van der Waals surface area contributed by atoms with Gasteiger partial charge < -0.3 is 9.47 Å². The SMILES string of the molecule is CCOC(=O)C(CC)C(=O)OCCC(=O)c1ccc(F)cc1. The predicted molar refractivity (Wildman–Crippen MR) is 76.7 cm³/mol. The maximum atomic E-state index is 12.7. The van der Waals surface area contributed by atoms with E-state index in [0.29, 0.717) is 5.56 Å². The zero-order valence-corrected chi connectivity index (χ0v) is 12.6. The van der Waals surface area contributed by atoms with Gasteiger partial charge in [0.1, 0.15) is 5.82 Å². The van der Waals surface area contributed by atoms with Gasteiger partial charge in [-0.2, -0.15) is 0 Å². The van der Waals surface area contributed by atoms with Gasteiger partial charge >= 0.3 is 11.9 Å². The number of esters is 2. The Bertz CT molecular complexity index is 524. The number of benzene rings is 1. The van der Waals surface area contributed by atoms with Crippen molar-refractivity contribution in [1.29, 1.82) is 0 Å². The Morgan fingerprint density at radius 1 is 1.05 bits per heavy atom. The Morgan fingerprint density at radius 2 is 1.64 bits per heavy atom. The first-order valence-corrected chi connectivity index (χ1v) is 7.11. The normalized spacial score (nSPS) is 11.6. The summed E-state index contributed by atoms with van der Waals surface area (Å²) in [6.07, 6.45) is 0.236. The van der Waals surface area contributed by atoms with Gasteiger partial charge in [0.2, 0.25) is 0 Å². The lowest BCUT2D eigenvalue weighted by atomic mass is 10.1. The van der Waals surface area contributed by atoms with Crippen LogP contribution in [0.15, 0.2) is 24.3 Å². The number of carbonyl (C=O) groups excluding carboxylic acids is 3. The highest BCUT2D eigenvalue weighted by Gasteiger charge is 2.27. The molecule has 1 unspecified atom stereocenters. The smallest absolute Gasteiger partial charge is 0.320 e. The highest BCUT2D eigenvalue weighted by Crippen LogP contribution is 2.10. The van der Waals surface area contributed by atoms with Crippen LogP contribution in [0.4, 0.5) is 4.39 Å². The van der Waals surface area contributed by atoms with Crippen molar-refractivity contribution >= 4 is 17.7 Å². The van der Waals surface area contributed by atoms with Gasteiger partial charge in [0.15, 0.2) is 11.7 Å². The van der Waals surface area contributed by atoms with E-state index < -0.39 is 23.7 Å². The summed E-state index contributed by atoms with van der Waals surface area (Å²) in [4.78, 5) is 35.1. The minimum Gasteiger partial charge on any atom is -0.465 e. The average molecular weight is 310 g/mol. The zero-order valence-electron chi connectivity index (χ0n) is 12.6. The summed E-state index contributed by atoms with van der Waals surface area (Å²) in [7, 11) is 0. The van der Waals surface area contributed by atoms with Crippen molar-refractivity contribution in [3.05, 3.63) is 35.6 Å². The predicted octanol–water partition coefficient (Wildman–Crippen LogP) is 2.53. The van der Waals surface area contributed by atoms with Crippen LogP contribution >= 0.6 is 0 Å². The van der Waals surface area contributed by atoms with E-state index in [1.807, 2.05) is 0 Å². The fourth-order valence-corrected chi connectivity index (χ4v) is 1.80. The largest absolute Gasteiger partial charge is 0.465 e. The number of halogens is 1. The monoisotopic (exact) mass is 310 g/mol. The first-order valence-electron chi connectivity index (χ1n) is 7.11. The van der Waals surface area contributed by atoms with Gasteiger partial charge in [0.05, 0.1) is 13.2 Å². The standard InChI is InChI=1S/C16H19FO5/c1-3-13(15(19)21-4-2)16(20)22-10-9-14(18)11-5-7-12(17)8-6-11/h5-8,13H,3-4,9-10H2,1-2H3. The molecule has 0 aliphatic heterocycles. The molecule has 120 valence electrons. The summed E-state index contributed by atoms with van der Waals surface area (Å²) in [5.74, 6) is -2.99. The molecule has 0 fully saturated rings. The minimum absolute atomic E-state index is 0.0311. The second kappa shape index (κ2) is 8.92. The van der Waals surface area contributed by atoms with E-state index in [-0.39, 0.29) is 31.8 Å². The molecule has 1 aromatic rings. The van der Waals surface area contributed by atoms with Gasteiger partial charge in [-0.1, -0.05) is 6.92 Å². The quantitative estimate of drug-likeness (QED) is 0.419.